The van der Waals surface area contributed by atoms with E-state index in [1.807, 2.05) is 4.68 Å². The van der Waals surface area contributed by atoms with Gasteiger partial charge >= 0.3 is 0 Å². The Labute approximate surface area is 96.2 Å². The number of rotatable bonds is 4. The summed E-state index contributed by atoms with van der Waals surface area (Å²) in [6, 6.07) is 0. The first-order valence-corrected chi connectivity index (χ1v) is 6.18. The molecule has 0 bridgehead atoms. The zero-order valence-electron chi connectivity index (χ0n) is 10.1. The van der Waals surface area contributed by atoms with E-state index in [4.69, 9.17) is 5.73 Å². The second-order valence-corrected chi connectivity index (χ2v) is 6.12. The quantitative estimate of drug-likeness (QED) is 0.832. The summed E-state index contributed by atoms with van der Waals surface area (Å²) in [4.78, 5) is 0. The first-order valence-electron chi connectivity index (χ1n) is 6.18. The second kappa shape index (κ2) is 3.06. The van der Waals surface area contributed by atoms with E-state index in [9.17, 15) is 0 Å². The molecular formula is C12H20N4. The number of nitrogens with two attached hydrogens (primary N) is 1. The van der Waals surface area contributed by atoms with Crippen molar-refractivity contribution < 1.29 is 0 Å². The summed E-state index contributed by atoms with van der Waals surface area (Å²) >= 11 is 0. The van der Waals surface area contributed by atoms with E-state index in [2.05, 4.69) is 30.4 Å². The van der Waals surface area contributed by atoms with Gasteiger partial charge in [0.1, 0.15) is 0 Å². The van der Waals surface area contributed by atoms with Crippen molar-refractivity contribution in [2.24, 2.45) is 17.1 Å². The minimum absolute atomic E-state index is 0.0921. The predicted octanol–water partition coefficient (Wildman–Crippen LogP) is 1.31. The molecule has 1 heterocycles. The van der Waals surface area contributed by atoms with Crippen LogP contribution in [0.4, 0.5) is 0 Å². The zero-order valence-corrected chi connectivity index (χ0v) is 10.1. The molecule has 1 atom stereocenters. The van der Waals surface area contributed by atoms with E-state index in [0.717, 1.165) is 24.6 Å². The molecule has 88 valence electrons. The fourth-order valence-corrected chi connectivity index (χ4v) is 2.77. The summed E-state index contributed by atoms with van der Waals surface area (Å²) in [5.41, 5.74) is 7.41. The molecule has 3 rings (SSSR count). The molecule has 1 aromatic heterocycles. The SMILES string of the molecule is CC1(C)CC1(CN)c1cn(CC2CC2)nn1. The van der Waals surface area contributed by atoms with Crippen LogP contribution in [0.5, 0.6) is 0 Å². The Bertz CT molecular complexity index is 405. The molecule has 1 unspecified atom stereocenters. The summed E-state index contributed by atoms with van der Waals surface area (Å²) in [6.45, 7) is 6.25. The summed E-state index contributed by atoms with van der Waals surface area (Å²) in [5, 5.41) is 8.56. The smallest absolute Gasteiger partial charge is 0.0906 e. The maximum atomic E-state index is 5.92. The lowest BCUT2D eigenvalue weighted by Crippen LogP contribution is -2.25. The fourth-order valence-electron chi connectivity index (χ4n) is 2.77. The molecule has 1 aromatic rings. The molecule has 0 saturated heterocycles. The van der Waals surface area contributed by atoms with Crippen molar-refractivity contribution in [2.75, 3.05) is 6.54 Å². The maximum absolute atomic E-state index is 5.92. The van der Waals surface area contributed by atoms with E-state index in [1.54, 1.807) is 0 Å². The fraction of sp³-hybridized carbons (Fsp3) is 0.833. The summed E-state index contributed by atoms with van der Waals surface area (Å²) in [5.74, 6) is 0.843. The van der Waals surface area contributed by atoms with Crippen molar-refractivity contribution in [1.29, 1.82) is 0 Å². The molecule has 0 aliphatic heterocycles. The van der Waals surface area contributed by atoms with Crippen molar-refractivity contribution in [3.05, 3.63) is 11.9 Å². The van der Waals surface area contributed by atoms with Gasteiger partial charge in [-0.3, -0.25) is 4.68 Å². The van der Waals surface area contributed by atoms with E-state index in [1.165, 1.54) is 12.8 Å². The van der Waals surface area contributed by atoms with Crippen molar-refractivity contribution in [1.82, 2.24) is 15.0 Å². The van der Waals surface area contributed by atoms with Crippen molar-refractivity contribution in [3.63, 3.8) is 0 Å². The molecule has 0 radical (unpaired) electrons. The molecule has 2 fully saturated rings. The van der Waals surface area contributed by atoms with Gasteiger partial charge in [0.05, 0.1) is 5.69 Å². The molecule has 0 amide bonds. The van der Waals surface area contributed by atoms with Gasteiger partial charge < -0.3 is 5.73 Å². The Morgan fingerprint density at radius 1 is 1.50 bits per heavy atom. The molecular weight excluding hydrogens is 200 g/mol. The van der Waals surface area contributed by atoms with Crippen molar-refractivity contribution >= 4 is 0 Å². The Morgan fingerprint density at radius 2 is 2.19 bits per heavy atom. The number of hydrogen-bond donors (Lipinski definition) is 1. The summed E-state index contributed by atoms with van der Waals surface area (Å²) in [7, 11) is 0. The molecule has 4 heteroatoms. The van der Waals surface area contributed by atoms with Crippen LogP contribution in [0.3, 0.4) is 0 Å². The molecule has 2 aliphatic rings. The van der Waals surface area contributed by atoms with Crippen LogP contribution in [0.15, 0.2) is 6.20 Å². The van der Waals surface area contributed by atoms with E-state index < -0.39 is 0 Å². The zero-order chi connectivity index (χ0) is 11.4. The number of hydrogen-bond acceptors (Lipinski definition) is 3. The minimum atomic E-state index is 0.0921. The van der Waals surface area contributed by atoms with Gasteiger partial charge in [0.15, 0.2) is 0 Å². The third-order valence-electron chi connectivity index (χ3n) is 4.43. The lowest BCUT2D eigenvalue weighted by Gasteiger charge is -2.14. The Morgan fingerprint density at radius 3 is 2.69 bits per heavy atom. The van der Waals surface area contributed by atoms with E-state index in [0.29, 0.717) is 12.0 Å². The molecule has 2 aliphatic carbocycles. The summed E-state index contributed by atoms with van der Waals surface area (Å²) < 4.78 is 2.00. The highest BCUT2D eigenvalue weighted by Gasteiger charge is 2.62. The monoisotopic (exact) mass is 220 g/mol. The van der Waals surface area contributed by atoms with Crippen LogP contribution in [0.25, 0.3) is 0 Å². The first kappa shape index (κ1) is 10.3. The topological polar surface area (TPSA) is 56.7 Å². The van der Waals surface area contributed by atoms with Gasteiger partial charge in [-0.15, -0.1) is 5.10 Å². The molecule has 16 heavy (non-hydrogen) atoms. The normalized spacial score (nSPS) is 31.7. The van der Waals surface area contributed by atoms with Gasteiger partial charge in [-0.05, 0) is 30.6 Å². The maximum Gasteiger partial charge on any atom is 0.0906 e. The average Bonchev–Trinajstić information content (AvgIpc) is 3.06. The summed E-state index contributed by atoms with van der Waals surface area (Å²) in [6.07, 6.45) is 5.95. The molecule has 2 saturated carbocycles. The van der Waals surface area contributed by atoms with Crippen LogP contribution >= 0.6 is 0 Å². The van der Waals surface area contributed by atoms with Crippen LogP contribution < -0.4 is 5.73 Å². The van der Waals surface area contributed by atoms with Crippen molar-refractivity contribution in [3.8, 4) is 0 Å². The molecule has 0 spiro atoms. The Hall–Kier alpha value is -0.900. The third-order valence-corrected chi connectivity index (χ3v) is 4.43. The molecule has 0 aromatic carbocycles. The van der Waals surface area contributed by atoms with E-state index in [-0.39, 0.29) is 5.41 Å². The first-order chi connectivity index (χ1) is 7.57. The van der Waals surface area contributed by atoms with Crippen molar-refractivity contribution in [2.45, 2.75) is 45.1 Å². The van der Waals surface area contributed by atoms with Crippen LogP contribution in [-0.4, -0.2) is 21.5 Å². The Balaban J connectivity index is 1.81. The number of aromatic nitrogens is 3. The molecule has 4 nitrogen and oxygen atoms in total. The highest BCUT2D eigenvalue weighted by Crippen LogP contribution is 2.63. The highest BCUT2D eigenvalue weighted by molar-refractivity contribution is 5.30. The average molecular weight is 220 g/mol. The van der Waals surface area contributed by atoms with Gasteiger partial charge in [0, 0.05) is 24.7 Å². The third kappa shape index (κ3) is 1.39. The molecule has 2 N–H and O–H groups in total. The lowest BCUT2D eigenvalue weighted by atomic mass is 9.93. The van der Waals surface area contributed by atoms with Gasteiger partial charge in [-0.1, -0.05) is 19.1 Å². The minimum Gasteiger partial charge on any atom is -0.330 e. The lowest BCUT2D eigenvalue weighted by molar-refractivity contribution is 0.492. The Kier molecular flexibility index (Phi) is 1.97. The van der Waals surface area contributed by atoms with Gasteiger partial charge in [0.2, 0.25) is 0 Å². The van der Waals surface area contributed by atoms with Crippen LogP contribution in [-0.2, 0) is 12.0 Å². The second-order valence-electron chi connectivity index (χ2n) is 6.12. The van der Waals surface area contributed by atoms with Crippen LogP contribution in [0.1, 0.15) is 38.8 Å². The number of nitrogens with zero attached hydrogens (tertiary/aromatic N) is 3. The highest BCUT2D eigenvalue weighted by atomic mass is 15.4. The van der Waals surface area contributed by atoms with E-state index >= 15 is 0 Å². The van der Waals surface area contributed by atoms with Crippen LogP contribution in [0, 0.1) is 11.3 Å². The van der Waals surface area contributed by atoms with Gasteiger partial charge in [-0.2, -0.15) is 0 Å². The van der Waals surface area contributed by atoms with Gasteiger partial charge in [0.25, 0.3) is 0 Å². The van der Waals surface area contributed by atoms with Crippen LogP contribution in [0.2, 0.25) is 0 Å². The largest absolute Gasteiger partial charge is 0.330 e. The predicted molar refractivity (Wildman–Crippen MR) is 61.9 cm³/mol. The standard InChI is InChI=1S/C12H20N4/c1-11(2)7-12(11,8-13)10-6-16(15-14-10)5-9-3-4-9/h6,9H,3-5,7-8,13H2,1-2H3. The van der Waals surface area contributed by atoms with Gasteiger partial charge in [-0.25, -0.2) is 0 Å².